The summed E-state index contributed by atoms with van der Waals surface area (Å²) in [5.41, 5.74) is 5.18. The van der Waals surface area contributed by atoms with Crippen LogP contribution in [0.4, 0.5) is 19.0 Å². The van der Waals surface area contributed by atoms with Crippen LogP contribution in [0, 0.1) is 0 Å². The topological polar surface area (TPSA) is 80.9 Å². The molecule has 0 aromatic carbocycles. The minimum Gasteiger partial charge on any atom is -0.382 e. The minimum atomic E-state index is -4.32. The first-order valence-electron chi connectivity index (χ1n) is 4.75. The number of alkyl halides is 3. The molecule has 1 amide bonds. The average molecular weight is 248 g/mol. The van der Waals surface area contributed by atoms with Crippen molar-refractivity contribution in [2.45, 2.75) is 25.6 Å². The Hall–Kier alpha value is -1.86. The second-order valence-corrected chi connectivity index (χ2v) is 3.54. The maximum atomic E-state index is 12.0. The fraction of sp³-hybridized carbons (Fsp3) is 0.444. The summed E-state index contributed by atoms with van der Waals surface area (Å²) >= 11 is 0. The van der Waals surface area contributed by atoms with Gasteiger partial charge in [0, 0.05) is 6.04 Å². The second-order valence-electron chi connectivity index (χ2n) is 3.54. The van der Waals surface area contributed by atoms with Crippen LogP contribution in [0.1, 0.15) is 23.8 Å². The van der Waals surface area contributed by atoms with E-state index >= 15 is 0 Å². The normalized spacial score (nSPS) is 13.2. The lowest BCUT2D eigenvalue weighted by molar-refractivity contribution is -0.138. The number of nitrogens with zero attached hydrogens (tertiary/aromatic N) is 2. The number of amides is 1. The molecule has 8 heteroatoms. The quantitative estimate of drug-likeness (QED) is 0.840. The number of hydrogen-bond donors (Lipinski definition) is 2. The maximum Gasteiger partial charge on any atom is 0.391 e. The Morgan fingerprint density at radius 2 is 2.12 bits per heavy atom. The molecule has 0 saturated heterocycles. The highest BCUT2D eigenvalue weighted by Crippen LogP contribution is 2.21. The third-order valence-electron chi connectivity index (χ3n) is 1.83. The zero-order chi connectivity index (χ0) is 13.1. The van der Waals surface area contributed by atoms with Gasteiger partial charge in [0.15, 0.2) is 5.69 Å². The number of nitrogens with two attached hydrogens (primary N) is 1. The van der Waals surface area contributed by atoms with Crippen molar-refractivity contribution in [2.75, 3.05) is 5.73 Å². The molecule has 0 aliphatic carbocycles. The van der Waals surface area contributed by atoms with Gasteiger partial charge in [-0.05, 0) is 19.1 Å². The van der Waals surface area contributed by atoms with E-state index in [4.69, 9.17) is 5.73 Å². The summed E-state index contributed by atoms with van der Waals surface area (Å²) < 4.78 is 36.0. The van der Waals surface area contributed by atoms with Gasteiger partial charge >= 0.3 is 6.18 Å². The van der Waals surface area contributed by atoms with Crippen molar-refractivity contribution >= 4 is 11.7 Å². The highest BCUT2D eigenvalue weighted by atomic mass is 19.4. The molecule has 3 N–H and O–H groups in total. The molecule has 0 fully saturated rings. The van der Waals surface area contributed by atoms with E-state index in [-0.39, 0.29) is 11.5 Å². The van der Waals surface area contributed by atoms with E-state index in [0.29, 0.717) is 0 Å². The molecule has 17 heavy (non-hydrogen) atoms. The molecule has 1 unspecified atom stereocenters. The van der Waals surface area contributed by atoms with Crippen LogP contribution in [-0.2, 0) is 0 Å². The molecule has 0 aliphatic rings. The summed E-state index contributed by atoms with van der Waals surface area (Å²) in [6.07, 6.45) is -5.42. The first-order valence-corrected chi connectivity index (χ1v) is 4.75. The summed E-state index contributed by atoms with van der Waals surface area (Å²) in [6.45, 7) is 1.26. The van der Waals surface area contributed by atoms with Gasteiger partial charge in [-0.3, -0.25) is 4.79 Å². The first-order chi connectivity index (χ1) is 7.78. The number of aromatic nitrogens is 2. The number of carbonyl (C=O) groups is 1. The lowest BCUT2D eigenvalue weighted by atomic mass is 10.2. The number of nitrogens with one attached hydrogen (secondary N) is 1. The van der Waals surface area contributed by atoms with Gasteiger partial charge in [0.1, 0.15) is 5.82 Å². The third kappa shape index (κ3) is 4.66. The van der Waals surface area contributed by atoms with Crippen LogP contribution < -0.4 is 11.1 Å². The number of rotatable bonds is 3. The van der Waals surface area contributed by atoms with Gasteiger partial charge in [-0.1, -0.05) is 0 Å². The number of anilines is 1. The molecular weight excluding hydrogens is 237 g/mol. The molecule has 1 heterocycles. The molecule has 1 rings (SSSR count). The zero-order valence-electron chi connectivity index (χ0n) is 8.95. The Labute approximate surface area is 95.2 Å². The van der Waals surface area contributed by atoms with Crippen LogP contribution in [0.3, 0.4) is 0 Å². The minimum absolute atomic E-state index is 0.0757. The van der Waals surface area contributed by atoms with Crippen LogP contribution in [0.15, 0.2) is 12.1 Å². The second kappa shape index (κ2) is 4.98. The molecule has 0 bridgehead atoms. The molecule has 0 radical (unpaired) electrons. The van der Waals surface area contributed by atoms with E-state index in [1.165, 1.54) is 19.1 Å². The predicted molar refractivity (Wildman–Crippen MR) is 54.0 cm³/mol. The standard InChI is InChI=1S/C9H11F3N4O/c1-5(4-9(10,11)12)14-8(17)6-2-3-7(13)16-15-6/h2-3,5H,4H2,1H3,(H2,13,16)(H,14,17). The lowest BCUT2D eigenvalue weighted by Gasteiger charge is -2.15. The Kier molecular flexibility index (Phi) is 3.87. The molecule has 94 valence electrons. The largest absolute Gasteiger partial charge is 0.391 e. The van der Waals surface area contributed by atoms with Crippen molar-refractivity contribution in [2.24, 2.45) is 0 Å². The van der Waals surface area contributed by atoms with Gasteiger partial charge in [-0.2, -0.15) is 13.2 Å². The van der Waals surface area contributed by atoms with E-state index in [1.807, 2.05) is 0 Å². The van der Waals surface area contributed by atoms with Crippen molar-refractivity contribution in [3.05, 3.63) is 17.8 Å². The average Bonchev–Trinajstić information content (AvgIpc) is 2.15. The number of nitrogen functional groups attached to an aromatic ring is 1. The lowest BCUT2D eigenvalue weighted by Crippen LogP contribution is -2.36. The summed E-state index contributed by atoms with van der Waals surface area (Å²) in [4.78, 5) is 11.4. The zero-order valence-corrected chi connectivity index (χ0v) is 8.95. The molecule has 0 spiro atoms. The highest BCUT2D eigenvalue weighted by Gasteiger charge is 2.30. The Bertz CT molecular complexity index is 390. The number of carbonyl (C=O) groups excluding carboxylic acids is 1. The Balaban J connectivity index is 2.57. The van der Waals surface area contributed by atoms with E-state index in [2.05, 4.69) is 15.5 Å². The third-order valence-corrected chi connectivity index (χ3v) is 1.83. The van der Waals surface area contributed by atoms with Gasteiger partial charge in [0.2, 0.25) is 0 Å². The fourth-order valence-electron chi connectivity index (χ4n) is 1.16. The van der Waals surface area contributed by atoms with E-state index in [1.54, 1.807) is 0 Å². The molecule has 0 aliphatic heterocycles. The first kappa shape index (κ1) is 13.2. The van der Waals surface area contributed by atoms with Crippen LogP contribution >= 0.6 is 0 Å². The Morgan fingerprint density at radius 3 is 2.59 bits per heavy atom. The smallest absolute Gasteiger partial charge is 0.382 e. The molecule has 5 nitrogen and oxygen atoms in total. The Morgan fingerprint density at radius 1 is 1.47 bits per heavy atom. The van der Waals surface area contributed by atoms with Crippen LogP contribution in [0.5, 0.6) is 0 Å². The van der Waals surface area contributed by atoms with Crippen molar-refractivity contribution in [3.63, 3.8) is 0 Å². The molecule has 1 aromatic rings. The van der Waals surface area contributed by atoms with Crippen molar-refractivity contribution in [3.8, 4) is 0 Å². The van der Waals surface area contributed by atoms with Gasteiger partial charge in [-0.25, -0.2) is 0 Å². The van der Waals surface area contributed by atoms with Crippen molar-refractivity contribution < 1.29 is 18.0 Å². The monoisotopic (exact) mass is 248 g/mol. The molecule has 0 saturated carbocycles. The molecule has 1 atom stereocenters. The summed E-state index contributed by atoms with van der Waals surface area (Å²) in [5.74, 6) is -0.584. The van der Waals surface area contributed by atoms with Crippen molar-refractivity contribution in [1.29, 1.82) is 0 Å². The van der Waals surface area contributed by atoms with Crippen LogP contribution in [0.25, 0.3) is 0 Å². The van der Waals surface area contributed by atoms with E-state index in [9.17, 15) is 18.0 Å². The molecular formula is C9H11F3N4O. The fourth-order valence-corrected chi connectivity index (χ4v) is 1.16. The van der Waals surface area contributed by atoms with E-state index in [0.717, 1.165) is 0 Å². The summed E-state index contributed by atoms with van der Waals surface area (Å²) in [5, 5.41) is 9.06. The predicted octanol–water partition coefficient (Wildman–Crippen LogP) is 1.13. The van der Waals surface area contributed by atoms with Crippen LogP contribution in [0.2, 0.25) is 0 Å². The van der Waals surface area contributed by atoms with Gasteiger partial charge in [-0.15, -0.1) is 10.2 Å². The maximum absolute atomic E-state index is 12.0. The number of hydrogen-bond acceptors (Lipinski definition) is 4. The number of halogens is 3. The molecule has 1 aromatic heterocycles. The van der Waals surface area contributed by atoms with E-state index < -0.39 is 24.5 Å². The van der Waals surface area contributed by atoms with Crippen LogP contribution in [-0.4, -0.2) is 28.3 Å². The highest BCUT2D eigenvalue weighted by molar-refractivity contribution is 5.92. The summed E-state index contributed by atoms with van der Waals surface area (Å²) in [6, 6.07) is 1.61. The van der Waals surface area contributed by atoms with Gasteiger partial charge in [0.25, 0.3) is 5.91 Å². The van der Waals surface area contributed by atoms with Gasteiger partial charge < -0.3 is 11.1 Å². The van der Waals surface area contributed by atoms with Gasteiger partial charge in [0.05, 0.1) is 6.42 Å². The SMILES string of the molecule is CC(CC(F)(F)F)NC(=O)c1ccc(N)nn1. The van der Waals surface area contributed by atoms with Crippen molar-refractivity contribution in [1.82, 2.24) is 15.5 Å². The summed E-state index contributed by atoms with van der Waals surface area (Å²) in [7, 11) is 0.